The lowest BCUT2D eigenvalue weighted by atomic mass is 10.3. The molecule has 1 amide bonds. The van der Waals surface area contributed by atoms with Gasteiger partial charge in [0, 0.05) is 40.4 Å². The molecule has 124 valence electrons. The van der Waals surface area contributed by atoms with E-state index in [1.165, 1.54) is 0 Å². The number of nitrogens with zero attached hydrogens (tertiary/aromatic N) is 2. The Labute approximate surface area is 129 Å². The van der Waals surface area contributed by atoms with Crippen molar-refractivity contribution in [1.29, 1.82) is 0 Å². The highest BCUT2D eigenvalue weighted by Crippen LogP contribution is 1.89. The van der Waals surface area contributed by atoms with Crippen LogP contribution < -0.4 is 10.6 Å². The molecule has 0 radical (unpaired) electrons. The van der Waals surface area contributed by atoms with Crippen molar-refractivity contribution in [2.24, 2.45) is 4.99 Å². The van der Waals surface area contributed by atoms with E-state index in [2.05, 4.69) is 22.5 Å². The van der Waals surface area contributed by atoms with E-state index in [9.17, 15) is 4.79 Å². The third kappa shape index (κ3) is 12.2. The molecule has 2 N–H and O–H groups in total. The summed E-state index contributed by atoms with van der Waals surface area (Å²) in [6.45, 7) is 7.60. The summed E-state index contributed by atoms with van der Waals surface area (Å²) in [7, 11) is 3.48. The van der Waals surface area contributed by atoms with Crippen LogP contribution in [0.25, 0.3) is 0 Å². The summed E-state index contributed by atoms with van der Waals surface area (Å²) in [6.07, 6.45) is 4.27. The van der Waals surface area contributed by atoms with Crippen LogP contribution in [0.1, 0.15) is 39.5 Å². The fraction of sp³-hybridized carbons (Fsp3) is 0.867. The smallest absolute Gasteiger partial charge is 0.243 e. The zero-order valence-electron chi connectivity index (χ0n) is 14.1. The zero-order valence-corrected chi connectivity index (χ0v) is 14.1. The minimum Gasteiger partial charge on any atom is -0.382 e. The van der Waals surface area contributed by atoms with Crippen LogP contribution in [0.5, 0.6) is 0 Å². The van der Waals surface area contributed by atoms with Crippen molar-refractivity contribution in [2.75, 3.05) is 46.9 Å². The maximum atomic E-state index is 11.6. The molecule has 0 spiro atoms. The van der Waals surface area contributed by atoms with E-state index in [1.807, 2.05) is 6.92 Å². The molecular formula is C15H32N4O2. The highest BCUT2D eigenvalue weighted by Gasteiger charge is 2.04. The highest BCUT2D eigenvalue weighted by atomic mass is 16.5. The molecular weight excluding hydrogens is 268 g/mol. The molecule has 6 nitrogen and oxygen atoms in total. The van der Waals surface area contributed by atoms with Gasteiger partial charge < -0.3 is 20.3 Å². The fourth-order valence-electron chi connectivity index (χ4n) is 1.53. The van der Waals surface area contributed by atoms with Gasteiger partial charge in [-0.25, -0.2) is 4.99 Å². The van der Waals surface area contributed by atoms with E-state index in [1.54, 1.807) is 19.0 Å². The molecule has 0 aromatic heterocycles. The number of nitrogens with one attached hydrogen (secondary N) is 2. The van der Waals surface area contributed by atoms with Gasteiger partial charge in [-0.1, -0.05) is 13.3 Å². The Hall–Kier alpha value is -1.30. The maximum absolute atomic E-state index is 11.6. The second kappa shape index (κ2) is 13.7. The standard InChI is InChI=1S/C15H32N4O2/c1-5-7-10-16-15(18-13-14(20)19(3)4)17-11-8-9-12-21-6-2/h5-13H2,1-4H3,(H2,16,17,18). The lowest BCUT2D eigenvalue weighted by Crippen LogP contribution is -2.39. The lowest BCUT2D eigenvalue weighted by Gasteiger charge is -2.13. The fourth-order valence-corrected chi connectivity index (χ4v) is 1.53. The van der Waals surface area contributed by atoms with Crippen LogP contribution in [0.4, 0.5) is 0 Å². The molecule has 0 aliphatic heterocycles. The first kappa shape index (κ1) is 19.7. The predicted molar refractivity (Wildman–Crippen MR) is 87.6 cm³/mol. The topological polar surface area (TPSA) is 66.0 Å². The van der Waals surface area contributed by atoms with Gasteiger partial charge in [0.25, 0.3) is 0 Å². The molecule has 0 rings (SSSR count). The van der Waals surface area contributed by atoms with Gasteiger partial charge in [-0.2, -0.15) is 0 Å². The Morgan fingerprint density at radius 1 is 1.10 bits per heavy atom. The number of hydrogen-bond donors (Lipinski definition) is 2. The normalized spacial score (nSPS) is 11.3. The van der Waals surface area contributed by atoms with E-state index < -0.39 is 0 Å². The molecule has 0 atom stereocenters. The van der Waals surface area contributed by atoms with Crippen molar-refractivity contribution in [3.8, 4) is 0 Å². The number of carbonyl (C=O) groups is 1. The quantitative estimate of drug-likeness (QED) is 0.342. The molecule has 0 saturated carbocycles. The molecule has 21 heavy (non-hydrogen) atoms. The summed E-state index contributed by atoms with van der Waals surface area (Å²) < 4.78 is 5.30. The number of rotatable bonds is 11. The van der Waals surface area contributed by atoms with Gasteiger partial charge in [-0.15, -0.1) is 0 Å². The van der Waals surface area contributed by atoms with Crippen molar-refractivity contribution >= 4 is 11.9 Å². The van der Waals surface area contributed by atoms with Gasteiger partial charge in [-0.05, 0) is 26.2 Å². The first-order chi connectivity index (χ1) is 10.1. The van der Waals surface area contributed by atoms with Gasteiger partial charge >= 0.3 is 0 Å². The summed E-state index contributed by atoms with van der Waals surface area (Å²) >= 11 is 0. The summed E-state index contributed by atoms with van der Waals surface area (Å²) in [6, 6.07) is 0. The van der Waals surface area contributed by atoms with Crippen molar-refractivity contribution < 1.29 is 9.53 Å². The number of amides is 1. The molecule has 0 heterocycles. The Morgan fingerprint density at radius 2 is 1.76 bits per heavy atom. The van der Waals surface area contributed by atoms with Crippen molar-refractivity contribution in [3.63, 3.8) is 0 Å². The van der Waals surface area contributed by atoms with Crippen LogP contribution in [-0.4, -0.2) is 63.7 Å². The minimum atomic E-state index is 0.00272. The number of hydrogen-bond acceptors (Lipinski definition) is 3. The van der Waals surface area contributed by atoms with Crippen LogP contribution in [0.3, 0.4) is 0 Å². The van der Waals surface area contributed by atoms with Crippen LogP contribution >= 0.6 is 0 Å². The maximum Gasteiger partial charge on any atom is 0.243 e. The number of guanidine groups is 1. The van der Waals surface area contributed by atoms with Crippen molar-refractivity contribution in [1.82, 2.24) is 15.5 Å². The van der Waals surface area contributed by atoms with Gasteiger partial charge in [0.15, 0.2) is 5.96 Å². The van der Waals surface area contributed by atoms with Gasteiger partial charge in [0.05, 0.1) is 0 Å². The SMILES string of the molecule is CCCCNC(=NCC(=O)N(C)C)NCCCCOCC. The first-order valence-electron chi connectivity index (χ1n) is 7.91. The summed E-state index contributed by atoms with van der Waals surface area (Å²) in [5.41, 5.74) is 0. The van der Waals surface area contributed by atoms with Gasteiger partial charge in [0.1, 0.15) is 6.54 Å². The van der Waals surface area contributed by atoms with E-state index in [-0.39, 0.29) is 12.5 Å². The number of carbonyl (C=O) groups excluding carboxylic acids is 1. The number of aliphatic imine (C=N–C) groups is 1. The highest BCUT2D eigenvalue weighted by molar-refractivity contribution is 5.84. The lowest BCUT2D eigenvalue weighted by molar-refractivity contribution is -0.127. The monoisotopic (exact) mass is 300 g/mol. The van der Waals surface area contributed by atoms with E-state index in [0.29, 0.717) is 0 Å². The van der Waals surface area contributed by atoms with Gasteiger partial charge in [0.2, 0.25) is 5.91 Å². The largest absolute Gasteiger partial charge is 0.382 e. The molecule has 0 bridgehead atoms. The van der Waals surface area contributed by atoms with E-state index >= 15 is 0 Å². The number of likely N-dealkylation sites (N-methyl/N-ethyl adjacent to an activating group) is 1. The third-order valence-electron chi connectivity index (χ3n) is 2.91. The third-order valence-corrected chi connectivity index (χ3v) is 2.91. The Bertz CT molecular complexity index is 293. The molecule has 6 heteroatoms. The molecule has 0 fully saturated rings. The molecule has 0 aromatic carbocycles. The van der Waals surface area contributed by atoms with E-state index in [0.717, 1.165) is 57.9 Å². The Balaban J connectivity index is 4.06. The summed E-state index contributed by atoms with van der Waals surface area (Å²) in [4.78, 5) is 17.4. The molecule has 0 aromatic rings. The molecule has 0 unspecified atom stereocenters. The van der Waals surface area contributed by atoms with Crippen molar-refractivity contribution in [2.45, 2.75) is 39.5 Å². The predicted octanol–water partition coefficient (Wildman–Crippen LogP) is 1.23. The number of unbranched alkanes of at least 4 members (excludes halogenated alkanes) is 2. The number of ether oxygens (including phenoxy) is 1. The Morgan fingerprint density at radius 3 is 2.33 bits per heavy atom. The second-order valence-electron chi connectivity index (χ2n) is 5.06. The minimum absolute atomic E-state index is 0.00272. The zero-order chi connectivity index (χ0) is 15.9. The Kier molecular flexibility index (Phi) is 12.8. The van der Waals surface area contributed by atoms with Crippen molar-refractivity contribution in [3.05, 3.63) is 0 Å². The van der Waals surface area contributed by atoms with Gasteiger partial charge in [-0.3, -0.25) is 4.79 Å². The summed E-state index contributed by atoms with van der Waals surface area (Å²) in [5.74, 6) is 0.720. The molecule has 0 saturated heterocycles. The van der Waals surface area contributed by atoms with Crippen LogP contribution in [0.15, 0.2) is 4.99 Å². The van der Waals surface area contributed by atoms with Crippen LogP contribution in [-0.2, 0) is 9.53 Å². The average Bonchev–Trinajstić information content (AvgIpc) is 2.47. The molecule has 0 aliphatic rings. The average molecular weight is 300 g/mol. The van der Waals surface area contributed by atoms with E-state index in [4.69, 9.17) is 4.74 Å². The van der Waals surface area contributed by atoms with Crippen LogP contribution in [0, 0.1) is 0 Å². The van der Waals surface area contributed by atoms with Crippen LogP contribution in [0.2, 0.25) is 0 Å². The molecule has 0 aliphatic carbocycles. The second-order valence-corrected chi connectivity index (χ2v) is 5.06. The first-order valence-corrected chi connectivity index (χ1v) is 7.91. The summed E-state index contributed by atoms with van der Waals surface area (Å²) in [5, 5.41) is 6.52.